The van der Waals surface area contributed by atoms with E-state index in [4.69, 9.17) is 5.84 Å². The van der Waals surface area contributed by atoms with Crippen LogP contribution >= 0.6 is 0 Å². The van der Waals surface area contributed by atoms with Gasteiger partial charge >= 0.3 is 0 Å². The third kappa shape index (κ3) is 2.75. The lowest BCUT2D eigenvalue weighted by Crippen LogP contribution is -2.23. The van der Waals surface area contributed by atoms with Gasteiger partial charge in [0, 0.05) is 23.4 Å². The summed E-state index contributed by atoms with van der Waals surface area (Å²) >= 11 is 0. The van der Waals surface area contributed by atoms with Gasteiger partial charge in [0.2, 0.25) is 0 Å². The molecule has 6 nitrogen and oxygen atoms in total. The largest absolute Gasteiger partial charge is 0.348 e. The summed E-state index contributed by atoms with van der Waals surface area (Å²) in [5, 5.41) is 9.08. The van der Waals surface area contributed by atoms with Crippen LogP contribution in [-0.2, 0) is 6.54 Å². The Morgan fingerprint density at radius 3 is 2.55 bits per heavy atom. The minimum atomic E-state index is -0.933. The molecule has 0 saturated carbocycles. The van der Waals surface area contributed by atoms with Crippen molar-refractivity contribution in [2.75, 3.05) is 5.43 Å². The zero-order valence-electron chi connectivity index (χ0n) is 10.6. The first-order valence-corrected chi connectivity index (χ1v) is 5.75. The summed E-state index contributed by atoms with van der Waals surface area (Å²) in [4.78, 5) is 11.8. The van der Waals surface area contributed by atoms with E-state index in [0.717, 1.165) is 23.4 Å². The summed E-state index contributed by atoms with van der Waals surface area (Å²) in [5.74, 6) is 2.52. The third-order valence-corrected chi connectivity index (χ3v) is 2.82. The highest BCUT2D eigenvalue weighted by molar-refractivity contribution is 5.94. The Kier molecular flexibility index (Phi) is 3.94. The van der Waals surface area contributed by atoms with Gasteiger partial charge in [-0.2, -0.15) is 5.10 Å². The number of carbonyl (C=O) groups excluding carboxylic acids is 1. The van der Waals surface area contributed by atoms with Gasteiger partial charge in [-0.3, -0.25) is 15.7 Å². The van der Waals surface area contributed by atoms with Gasteiger partial charge in [0.15, 0.2) is 11.6 Å². The quantitative estimate of drug-likeness (QED) is 0.500. The number of hydrogen-bond acceptors (Lipinski definition) is 4. The number of nitrogens with zero attached hydrogens (tertiary/aromatic N) is 1. The highest BCUT2D eigenvalue weighted by atomic mass is 19.1. The average Bonchev–Trinajstić information content (AvgIpc) is 2.81. The van der Waals surface area contributed by atoms with Crippen LogP contribution in [0.3, 0.4) is 0 Å². The fourth-order valence-electron chi connectivity index (χ4n) is 1.67. The molecule has 0 bridgehead atoms. The number of aromatic nitrogens is 2. The molecule has 0 aliphatic carbocycles. The van der Waals surface area contributed by atoms with Crippen molar-refractivity contribution in [1.82, 2.24) is 15.5 Å². The van der Waals surface area contributed by atoms with Gasteiger partial charge in [-0.1, -0.05) is 0 Å². The van der Waals surface area contributed by atoms with E-state index in [9.17, 15) is 13.6 Å². The second-order valence-corrected chi connectivity index (χ2v) is 4.16. The van der Waals surface area contributed by atoms with E-state index in [1.54, 1.807) is 13.1 Å². The number of amides is 1. The summed E-state index contributed by atoms with van der Waals surface area (Å²) in [6, 6.07) is 1.83. The monoisotopic (exact) mass is 281 g/mol. The van der Waals surface area contributed by atoms with Gasteiger partial charge in [-0.25, -0.2) is 8.78 Å². The highest BCUT2D eigenvalue weighted by Gasteiger charge is 2.14. The number of benzene rings is 1. The molecule has 2 aromatic rings. The number of H-pyrrole nitrogens is 1. The molecule has 1 aromatic carbocycles. The van der Waals surface area contributed by atoms with Crippen LogP contribution in [0, 0.1) is 18.6 Å². The van der Waals surface area contributed by atoms with Crippen molar-refractivity contribution in [3.05, 3.63) is 46.8 Å². The van der Waals surface area contributed by atoms with Crippen molar-refractivity contribution < 1.29 is 13.6 Å². The van der Waals surface area contributed by atoms with E-state index in [0.29, 0.717) is 0 Å². The number of halogens is 2. The second kappa shape index (κ2) is 5.66. The van der Waals surface area contributed by atoms with Crippen LogP contribution in [-0.4, -0.2) is 16.1 Å². The molecule has 2 rings (SSSR count). The van der Waals surface area contributed by atoms with Crippen molar-refractivity contribution in [2.45, 2.75) is 13.5 Å². The predicted octanol–water partition coefficient (Wildman–Crippen LogP) is 1.21. The molecule has 0 saturated heterocycles. The number of nitrogens with two attached hydrogens (primary N) is 1. The minimum Gasteiger partial charge on any atom is -0.348 e. The van der Waals surface area contributed by atoms with E-state index in [2.05, 4.69) is 15.5 Å². The Bertz CT molecular complexity index is 618. The Balaban J connectivity index is 2.12. The Morgan fingerprint density at radius 2 is 2.05 bits per heavy atom. The smallest absolute Gasteiger partial charge is 0.251 e. The number of hydrazine groups is 1. The van der Waals surface area contributed by atoms with Crippen molar-refractivity contribution >= 4 is 11.6 Å². The van der Waals surface area contributed by atoms with Crippen LogP contribution in [0.2, 0.25) is 0 Å². The number of anilines is 1. The fourth-order valence-corrected chi connectivity index (χ4v) is 1.67. The first kappa shape index (κ1) is 13.9. The molecule has 0 spiro atoms. The van der Waals surface area contributed by atoms with Gasteiger partial charge in [-0.05, 0) is 19.1 Å². The standard InChI is InChI=1S/C12H13F2N5O/c1-6-8(5-17-19-6)4-16-12(20)7-2-9(13)11(18-15)10(14)3-7/h2-3,5,18H,4,15H2,1H3,(H,16,20)(H,17,19). The zero-order chi connectivity index (χ0) is 14.7. The number of nitrogen functional groups attached to an aromatic ring is 1. The fraction of sp³-hybridized carbons (Fsp3) is 0.167. The summed E-state index contributed by atoms with van der Waals surface area (Å²) < 4.78 is 26.9. The molecule has 1 heterocycles. The molecule has 0 unspecified atom stereocenters. The van der Waals surface area contributed by atoms with Crippen LogP contribution in [0.25, 0.3) is 0 Å². The van der Waals surface area contributed by atoms with E-state index >= 15 is 0 Å². The summed E-state index contributed by atoms with van der Waals surface area (Å²) in [5.41, 5.74) is 2.89. The number of rotatable bonds is 4. The predicted molar refractivity (Wildman–Crippen MR) is 68.7 cm³/mol. The van der Waals surface area contributed by atoms with E-state index in [1.165, 1.54) is 0 Å². The summed E-state index contributed by atoms with van der Waals surface area (Å²) in [6.45, 7) is 2.01. The SMILES string of the molecule is Cc1[nH]ncc1CNC(=O)c1cc(F)c(NN)c(F)c1. The van der Waals surface area contributed by atoms with Gasteiger partial charge in [-0.15, -0.1) is 0 Å². The maximum Gasteiger partial charge on any atom is 0.251 e. The number of aromatic amines is 1. The van der Waals surface area contributed by atoms with Crippen molar-refractivity contribution in [1.29, 1.82) is 0 Å². The number of nitrogens with one attached hydrogen (secondary N) is 3. The molecule has 8 heteroatoms. The minimum absolute atomic E-state index is 0.125. The maximum absolute atomic E-state index is 13.5. The topological polar surface area (TPSA) is 95.8 Å². The van der Waals surface area contributed by atoms with Gasteiger partial charge in [0.1, 0.15) is 5.69 Å². The number of carbonyl (C=O) groups is 1. The lowest BCUT2D eigenvalue weighted by atomic mass is 10.1. The molecular weight excluding hydrogens is 268 g/mol. The molecule has 0 aliphatic heterocycles. The van der Waals surface area contributed by atoms with Crippen molar-refractivity contribution in [3.8, 4) is 0 Å². The summed E-state index contributed by atoms with van der Waals surface area (Å²) in [7, 11) is 0. The van der Waals surface area contributed by atoms with Crippen molar-refractivity contribution in [3.63, 3.8) is 0 Å². The van der Waals surface area contributed by atoms with E-state index in [-0.39, 0.29) is 12.1 Å². The van der Waals surface area contributed by atoms with Crippen LogP contribution in [0.5, 0.6) is 0 Å². The van der Waals surface area contributed by atoms with Crippen LogP contribution in [0.1, 0.15) is 21.6 Å². The molecular formula is C12H13F2N5O. The third-order valence-electron chi connectivity index (χ3n) is 2.82. The first-order chi connectivity index (χ1) is 9.52. The van der Waals surface area contributed by atoms with E-state index in [1.807, 2.05) is 5.43 Å². The summed E-state index contributed by atoms with van der Waals surface area (Å²) in [6.07, 6.45) is 1.57. The van der Waals surface area contributed by atoms with E-state index < -0.39 is 23.2 Å². The molecule has 1 amide bonds. The van der Waals surface area contributed by atoms with Gasteiger partial charge in [0.05, 0.1) is 6.20 Å². The second-order valence-electron chi connectivity index (χ2n) is 4.16. The molecule has 0 fully saturated rings. The molecule has 106 valence electrons. The number of aryl methyl sites for hydroxylation is 1. The van der Waals surface area contributed by atoms with Crippen molar-refractivity contribution in [2.24, 2.45) is 5.84 Å². The molecule has 20 heavy (non-hydrogen) atoms. The number of hydrogen-bond donors (Lipinski definition) is 4. The van der Waals surface area contributed by atoms with Crippen LogP contribution in [0.4, 0.5) is 14.5 Å². The highest BCUT2D eigenvalue weighted by Crippen LogP contribution is 2.19. The lowest BCUT2D eigenvalue weighted by Gasteiger charge is -2.08. The van der Waals surface area contributed by atoms with Gasteiger partial charge < -0.3 is 10.7 Å². The van der Waals surface area contributed by atoms with Crippen LogP contribution in [0.15, 0.2) is 18.3 Å². The van der Waals surface area contributed by atoms with Crippen LogP contribution < -0.4 is 16.6 Å². The Morgan fingerprint density at radius 1 is 1.40 bits per heavy atom. The molecule has 5 N–H and O–H groups in total. The maximum atomic E-state index is 13.5. The lowest BCUT2D eigenvalue weighted by molar-refractivity contribution is 0.0950. The molecule has 0 aliphatic rings. The zero-order valence-corrected chi connectivity index (χ0v) is 10.6. The molecule has 0 atom stereocenters. The van der Waals surface area contributed by atoms with Gasteiger partial charge in [0.25, 0.3) is 5.91 Å². The average molecular weight is 281 g/mol. The molecule has 1 aromatic heterocycles. The molecule has 0 radical (unpaired) electrons. The Labute approximate surface area is 113 Å². The Hall–Kier alpha value is -2.48. The normalized spacial score (nSPS) is 10.4. The first-order valence-electron chi connectivity index (χ1n) is 5.75.